The van der Waals surface area contributed by atoms with Crippen molar-refractivity contribution < 1.29 is 19.5 Å². The molecule has 0 heterocycles. The second-order valence-electron chi connectivity index (χ2n) is 1.93. The molecule has 6 heteroatoms. The molecule has 0 rings (SSSR count). The van der Waals surface area contributed by atoms with E-state index >= 15 is 0 Å². The second kappa shape index (κ2) is 4.64. The zero-order valence-electron chi connectivity index (χ0n) is 6.03. The van der Waals surface area contributed by atoms with Crippen molar-refractivity contribution >= 4 is 11.9 Å². The van der Waals surface area contributed by atoms with Gasteiger partial charge in [-0.15, -0.1) is 0 Å². The summed E-state index contributed by atoms with van der Waals surface area (Å²) in [5.41, 5.74) is 6.82. The van der Waals surface area contributed by atoms with Gasteiger partial charge < -0.3 is 10.8 Å². The summed E-state index contributed by atoms with van der Waals surface area (Å²) in [5.74, 6) is -1.72. The molecule has 0 radical (unpaired) electrons. The number of amides is 1. The predicted molar refractivity (Wildman–Crippen MR) is 35.4 cm³/mol. The molecule has 0 aliphatic carbocycles. The van der Waals surface area contributed by atoms with E-state index in [1.54, 1.807) is 0 Å². The summed E-state index contributed by atoms with van der Waals surface area (Å²) in [7, 11) is 0. The largest absolute Gasteiger partial charge is 0.480 e. The number of carboxylic acids is 1. The van der Waals surface area contributed by atoms with Gasteiger partial charge in [0, 0.05) is 0 Å². The first kappa shape index (κ1) is 9.86. The number of primary amides is 1. The van der Waals surface area contributed by atoms with Crippen molar-refractivity contribution in [1.29, 1.82) is 0 Å². The van der Waals surface area contributed by atoms with Crippen molar-refractivity contribution in [2.45, 2.75) is 13.0 Å². The van der Waals surface area contributed by atoms with Crippen LogP contribution in [0.2, 0.25) is 0 Å². The number of carbonyl (C=O) groups excluding carboxylic acids is 1. The highest BCUT2D eigenvalue weighted by Gasteiger charge is 2.09. The standard InChI is InChI=1S/C5H10N2O4/c1-3(5(9)10)7-11-2-4(6)8/h3,7H,2H2,1H3,(H2,6,8)(H,9,10). The fourth-order valence-corrected chi connectivity index (χ4v) is 0.288. The van der Waals surface area contributed by atoms with Crippen LogP contribution in [-0.4, -0.2) is 29.6 Å². The summed E-state index contributed by atoms with van der Waals surface area (Å²) in [4.78, 5) is 24.6. The molecule has 0 saturated carbocycles. The summed E-state index contributed by atoms with van der Waals surface area (Å²) < 4.78 is 0. The minimum Gasteiger partial charge on any atom is -0.480 e. The van der Waals surface area contributed by atoms with Gasteiger partial charge in [0.1, 0.15) is 12.6 Å². The molecule has 0 fully saturated rings. The Kier molecular flexibility index (Phi) is 4.16. The van der Waals surface area contributed by atoms with Crippen LogP contribution in [0.4, 0.5) is 0 Å². The molecule has 1 unspecified atom stereocenters. The summed E-state index contributed by atoms with van der Waals surface area (Å²) in [5, 5.41) is 8.29. The van der Waals surface area contributed by atoms with Crippen molar-refractivity contribution in [1.82, 2.24) is 5.48 Å². The maximum atomic E-state index is 10.1. The summed E-state index contributed by atoms with van der Waals surface area (Å²) in [6, 6.07) is -0.852. The van der Waals surface area contributed by atoms with Crippen molar-refractivity contribution in [3.63, 3.8) is 0 Å². The molecule has 1 atom stereocenters. The number of hydrogen-bond acceptors (Lipinski definition) is 4. The van der Waals surface area contributed by atoms with Crippen LogP contribution in [0.5, 0.6) is 0 Å². The molecule has 0 bridgehead atoms. The van der Waals surface area contributed by atoms with Gasteiger partial charge in [-0.25, -0.2) is 0 Å². The van der Waals surface area contributed by atoms with Crippen molar-refractivity contribution in [3.05, 3.63) is 0 Å². The first-order chi connectivity index (χ1) is 5.04. The number of rotatable bonds is 5. The lowest BCUT2D eigenvalue weighted by molar-refractivity contribution is -0.145. The molecule has 6 nitrogen and oxygen atoms in total. The lowest BCUT2D eigenvalue weighted by atomic mass is 10.4. The van der Waals surface area contributed by atoms with Crippen LogP contribution in [0.3, 0.4) is 0 Å². The first-order valence-corrected chi connectivity index (χ1v) is 2.92. The van der Waals surface area contributed by atoms with Gasteiger partial charge in [0.05, 0.1) is 0 Å². The minimum atomic E-state index is -1.06. The first-order valence-electron chi connectivity index (χ1n) is 2.92. The number of nitrogens with one attached hydrogen (secondary N) is 1. The third kappa shape index (κ3) is 5.31. The van der Waals surface area contributed by atoms with Gasteiger partial charge in [-0.05, 0) is 6.92 Å². The normalized spacial score (nSPS) is 12.5. The van der Waals surface area contributed by atoms with E-state index in [2.05, 4.69) is 10.3 Å². The second-order valence-corrected chi connectivity index (χ2v) is 1.93. The van der Waals surface area contributed by atoms with Crippen LogP contribution in [0, 0.1) is 0 Å². The van der Waals surface area contributed by atoms with E-state index in [0.29, 0.717) is 0 Å². The van der Waals surface area contributed by atoms with Gasteiger partial charge in [-0.3, -0.25) is 14.4 Å². The zero-order valence-corrected chi connectivity index (χ0v) is 6.03. The highest BCUT2D eigenvalue weighted by atomic mass is 16.6. The monoisotopic (exact) mass is 162 g/mol. The Balaban J connectivity index is 3.39. The Morgan fingerprint density at radius 2 is 2.27 bits per heavy atom. The summed E-state index contributed by atoms with van der Waals surface area (Å²) in [6.07, 6.45) is 0. The van der Waals surface area contributed by atoms with Crippen LogP contribution in [0.25, 0.3) is 0 Å². The molecule has 1 amide bonds. The Bertz CT molecular complexity index is 159. The van der Waals surface area contributed by atoms with Gasteiger partial charge in [-0.2, -0.15) is 5.48 Å². The maximum Gasteiger partial charge on any atom is 0.322 e. The van der Waals surface area contributed by atoms with E-state index in [4.69, 9.17) is 10.8 Å². The van der Waals surface area contributed by atoms with Crippen LogP contribution >= 0.6 is 0 Å². The number of carboxylic acid groups (broad SMARTS) is 1. The summed E-state index contributed by atoms with van der Waals surface area (Å²) in [6.45, 7) is 1.04. The highest BCUT2D eigenvalue weighted by molar-refractivity contribution is 5.75. The lowest BCUT2D eigenvalue weighted by Crippen LogP contribution is -2.36. The van der Waals surface area contributed by atoms with Crippen molar-refractivity contribution in [3.8, 4) is 0 Å². The van der Waals surface area contributed by atoms with E-state index in [-0.39, 0.29) is 6.61 Å². The quantitative estimate of drug-likeness (QED) is 0.425. The number of hydroxylamine groups is 1. The fraction of sp³-hybridized carbons (Fsp3) is 0.600. The van der Waals surface area contributed by atoms with Crippen LogP contribution in [0.1, 0.15) is 6.92 Å². The third-order valence-electron chi connectivity index (χ3n) is 0.845. The SMILES string of the molecule is CC(NOCC(N)=O)C(=O)O. The molecule has 0 spiro atoms. The van der Waals surface area contributed by atoms with Gasteiger partial charge >= 0.3 is 5.97 Å². The average molecular weight is 162 g/mol. The number of carbonyl (C=O) groups is 2. The minimum absolute atomic E-state index is 0.336. The predicted octanol–water partition coefficient (Wildman–Crippen LogP) is -1.53. The van der Waals surface area contributed by atoms with Gasteiger partial charge in [0.25, 0.3) is 0 Å². The zero-order chi connectivity index (χ0) is 8.85. The Morgan fingerprint density at radius 3 is 2.64 bits per heavy atom. The van der Waals surface area contributed by atoms with E-state index in [1.165, 1.54) is 6.92 Å². The molecule has 0 aliphatic heterocycles. The van der Waals surface area contributed by atoms with Crippen LogP contribution in [-0.2, 0) is 14.4 Å². The molecule has 0 aromatic heterocycles. The highest BCUT2D eigenvalue weighted by Crippen LogP contribution is 1.79. The molecular formula is C5H10N2O4. The fourth-order valence-electron chi connectivity index (χ4n) is 0.288. The maximum absolute atomic E-state index is 10.1. The molecule has 4 N–H and O–H groups in total. The van der Waals surface area contributed by atoms with Crippen LogP contribution in [0.15, 0.2) is 0 Å². The molecule has 0 saturated heterocycles. The number of hydrogen-bond donors (Lipinski definition) is 3. The molecule has 0 aliphatic rings. The van der Waals surface area contributed by atoms with Crippen LogP contribution < -0.4 is 11.2 Å². The smallest absolute Gasteiger partial charge is 0.322 e. The lowest BCUT2D eigenvalue weighted by Gasteiger charge is -2.06. The number of nitrogens with two attached hydrogens (primary N) is 1. The topological polar surface area (TPSA) is 102 Å². The van der Waals surface area contributed by atoms with E-state index in [1.807, 2.05) is 0 Å². The van der Waals surface area contributed by atoms with E-state index in [9.17, 15) is 9.59 Å². The van der Waals surface area contributed by atoms with Gasteiger partial charge in [0.2, 0.25) is 5.91 Å². The van der Waals surface area contributed by atoms with Crippen molar-refractivity contribution in [2.75, 3.05) is 6.61 Å². The van der Waals surface area contributed by atoms with E-state index < -0.39 is 17.9 Å². The molecule has 0 aromatic carbocycles. The van der Waals surface area contributed by atoms with Gasteiger partial charge in [0.15, 0.2) is 0 Å². The third-order valence-corrected chi connectivity index (χ3v) is 0.845. The van der Waals surface area contributed by atoms with Crippen molar-refractivity contribution in [2.24, 2.45) is 5.73 Å². The molecular weight excluding hydrogens is 152 g/mol. The molecule has 11 heavy (non-hydrogen) atoms. The van der Waals surface area contributed by atoms with E-state index in [0.717, 1.165) is 0 Å². The number of aliphatic carboxylic acids is 1. The summed E-state index contributed by atoms with van der Waals surface area (Å²) >= 11 is 0. The Hall–Kier alpha value is -1.14. The Labute approximate surface area is 63.3 Å². The molecule has 64 valence electrons. The molecule has 0 aromatic rings. The van der Waals surface area contributed by atoms with Gasteiger partial charge in [-0.1, -0.05) is 0 Å². The Morgan fingerprint density at radius 1 is 1.73 bits per heavy atom. The average Bonchev–Trinajstić information content (AvgIpc) is 1.86.